The second-order valence-electron chi connectivity index (χ2n) is 6.14. The molecule has 0 spiro atoms. The van der Waals surface area contributed by atoms with Crippen LogP contribution in [0.2, 0.25) is 0 Å². The number of benzene rings is 1. The van der Waals surface area contributed by atoms with Crippen LogP contribution in [0.4, 0.5) is 0 Å². The van der Waals surface area contributed by atoms with Crippen molar-refractivity contribution in [3.8, 4) is 0 Å². The molecule has 0 aromatic heterocycles. The Kier molecular flexibility index (Phi) is 5.39. The van der Waals surface area contributed by atoms with Crippen molar-refractivity contribution >= 4 is 17.7 Å². The van der Waals surface area contributed by atoms with E-state index in [0.29, 0.717) is 6.54 Å². The molecule has 1 fully saturated rings. The van der Waals surface area contributed by atoms with Gasteiger partial charge in [0.05, 0.1) is 20.1 Å². The molecule has 0 saturated carbocycles. The van der Waals surface area contributed by atoms with Gasteiger partial charge in [-0.1, -0.05) is 44.2 Å². The van der Waals surface area contributed by atoms with Crippen LogP contribution in [0.15, 0.2) is 30.3 Å². The summed E-state index contributed by atoms with van der Waals surface area (Å²) in [6.07, 6.45) is 0. The molecule has 130 valence electrons. The van der Waals surface area contributed by atoms with Crippen LogP contribution in [-0.4, -0.2) is 48.9 Å². The largest absolute Gasteiger partial charge is 0.467 e. The van der Waals surface area contributed by atoms with E-state index in [2.05, 4.69) is 0 Å². The summed E-state index contributed by atoms with van der Waals surface area (Å²) in [6.45, 7) is 4.01. The Morgan fingerprint density at radius 3 is 2.17 bits per heavy atom. The van der Waals surface area contributed by atoms with Crippen LogP contribution in [0.1, 0.15) is 19.4 Å². The summed E-state index contributed by atoms with van der Waals surface area (Å²) in [7, 11) is 2.42. The molecule has 1 aromatic carbocycles. The van der Waals surface area contributed by atoms with E-state index in [1.54, 1.807) is 18.7 Å². The molecular formula is C18H23NO5. The van der Waals surface area contributed by atoms with Gasteiger partial charge < -0.3 is 9.47 Å². The molecule has 0 amide bonds. The average molecular weight is 333 g/mol. The second-order valence-corrected chi connectivity index (χ2v) is 6.14. The van der Waals surface area contributed by atoms with E-state index in [0.717, 1.165) is 5.56 Å². The topological polar surface area (TPSA) is 72.9 Å². The van der Waals surface area contributed by atoms with Gasteiger partial charge in [0.15, 0.2) is 0 Å². The first-order chi connectivity index (χ1) is 11.4. The highest BCUT2D eigenvalue weighted by atomic mass is 16.5. The van der Waals surface area contributed by atoms with Crippen molar-refractivity contribution in [2.24, 2.45) is 11.8 Å². The van der Waals surface area contributed by atoms with E-state index in [-0.39, 0.29) is 18.2 Å². The molecule has 2 atom stereocenters. The van der Waals surface area contributed by atoms with Crippen LogP contribution in [-0.2, 0) is 30.4 Å². The molecule has 24 heavy (non-hydrogen) atoms. The van der Waals surface area contributed by atoms with Crippen LogP contribution in [0, 0.1) is 11.8 Å². The van der Waals surface area contributed by atoms with Gasteiger partial charge in [0.1, 0.15) is 5.78 Å². The summed E-state index contributed by atoms with van der Waals surface area (Å²) in [5, 5.41) is 0. The lowest BCUT2D eigenvalue weighted by Crippen LogP contribution is -2.70. The van der Waals surface area contributed by atoms with Crippen molar-refractivity contribution in [2.45, 2.75) is 25.9 Å². The number of carbonyl (C=O) groups is 3. The Labute approximate surface area is 141 Å². The zero-order chi connectivity index (χ0) is 17.9. The van der Waals surface area contributed by atoms with Gasteiger partial charge in [0.25, 0.3) is 0 Å². The van der Waals surface area contributed by atoms with Crippen molar-refractivity contribution in [3.63, 3.8) is 0 Å². The zero-order valence-electron chi connectivity index (χ0n) is 14.4. The Bertz CT molecular complexity index is 612. The van der Waals surface area contributed by atoms with Crippen LogP contribution < -0.4 is 0 Å². The number of methoxy groups -OCH3 is 2. The number of hydrogen-bond acceptors (Lipinski definition) is 6. The summed E-state index contributed by atoms with van der Waals surface area (Å²) < 4.78 is 9.81. The predicted octanol–water partition coefficient (Wildman–Crippen LogP) is 1.43. The molecule has 0 N–H and O–H groups in total. The van der Waals surface area contributed by atoms with E-state index in [1.165, 1.54) is 14.2 Å². The highest BCUT2D eigenvalue weighted by molar-refractivity contribution is 6.10. The van der Waals surface area contributed by atoms with Crippen LogP contribution in [0.25, 0.3) is 0 Å². The van der Waals surface area contributed by atoms with Gasteiger partial charge in [0.2, 0.25) is 5.54 Å². The Balaban J connectivity index is 2.54. The van der Waals surface area contributed by atoms with Crippen molar-refractivity contribution < 1.29 is 23.9 Å². The number of carbonyl (C=O) groups excluding carboxylic acids is 3. The highest BCUT2D eigenvalue weighted by Crippen LogP contribution is 2.37. The van der Waals surface area contributed by atoms with E-state index in [1.807, 2.05) is 30.3 Å². The normalized spacial score (nSPS) is 23.6. The van der Waals surface area contributed by atoms with Gasteiger partial charge in [-0.25, -0.2) is 9.59 Å². The fourth-order valence-corrected chi connectivity index (χ4v) is 3.47. The number of nitrogens with zero attached hydrogens (tertiary/aromatic N) is 1. The summed E-state index contributed by atoms with van der Waals surface area (Å²) >= 11 is 0. The van der Waals surface area contributed by atoms with Gasteiger partial charge >= 0.3 is 11.9 Å². The number of ketones is 1. The lowest BCUT2D eigenvalue weighted by Gasteiger charge is -2.47. The minimum atomic E-state index is -1.76. The number of ether oxygens (including phenoxy) is 2. The number of Topliss-reactive ketones (excluding diaryl/α,β-unsaturated/α-hetero) is 1. The molecule has 2 rings (SSSR count). The predicted molar refractivity (Wildman–Crippen MR) is 87.0 cm³/mol. The molecule has 1 heterocycles. The molecule has 6 heteroatoms. The second kappa shape index (κ2) is 7.13. The standard InChI is InChI=1S/C18H23NO5/c1-12-10-19(11-14-8-6-5-7-9-14)18(16(21)23-3,17(22)24-4)13(2)15(12)20/h5-9,12-13H,10-11H2,1-4H3. The highest BCUT2D eigenvalue weighted by Gasteiger charge is 2.62. The minimum Gasteiger partial charge on any atom is -0.467 e. The van der Waals surface area contributed by atoms with Gasteiger partial charge in [-0.15, -0.1) is 0 Å². The monoisotopic (exact) mass is 333 g/mol. The van der Waals surface area contributed by atoms with Crippen LogP contribution in [0.3, 0.4) is 0 Å². The maximum absolute atomic E-state index is 12.6. The van der Waals surface area contributed by atoms with E-state index in [9.17, 15) is 14.4 Å². The van der Waals surface area contributed by atoms with E-state index < -0.39 is 23.4 Å². The molecule has 6 nitrogen and oxygen atoms in total. The summed E-state index contributed by atoms with van der Waals surface area (Å²) in [5.41, 5.74) is -0.827. The van der Waals surface area contributed by atoms with Crippen molar-refractivity contribution in [1.29, 1.82) is 0 Å². The Hall–Kier alpha value is -2.21. The molecule has 0 aliphatic carbocycles. The number of piperidine rings is 1. The molecule has 2 unspecified atom stereocenters. The Morgan fingerprint density at radius 2 is 1.67 bits per heavy atom. The lowest BCUT2D eigenvalue weighted by molar-refractivity contribution is -0.185. The summed E-state index contributed by atoms with van der Waals surface area (Å²) in [6, 6.07) is 9.48. The Morgan fingerprint density at radius 1 is 1.12 bits per heavy atom. The average Bonchev–Trinajstić information content (AvgIpc) is 2.60. The number of rotatable bonds is 4. The fourth-order valence-electron chi connectivity index (χ4n) is 3.47. The van der Waals surface area contributed by atoms with Crippen molar-refractivity contribution in [1.82, 2.24) is 4.90 Å². The van der Waals surface area contributed by atoms with E-state index in [4.69, 9.17) is 9.47 Å². The fraction of sp³-hybridized carbons (Fsp3) is 0.500. The molecule has 0 bridgehead atoms. The summed E-state index contributed by atoms with van der Waals surface area (Å²) in [5.74, 6) is -2.82. The first-order valence-corrected chi connectivity index (χ1v) is 7.89. The number of hydrogen-bond donors (Lipinski definition) is 0. The summed E-state index contributed by atoms with van der Waals surface area (Å²) in [4.78, 5) is 39.5. The number of likely N-dealkylation sites (tertiary alicyclic amines) is 1. The van der Waals surface area contributed by atoms with Crippen molar-refractivity contribution in [3.05, 3.63) is 35.9 Å². The van der Waals surface area contributed by atoms with Gasteiger partial charge in [-0.05, 0) is 5.56 Å². The molecule has 1 saturated heterocycles. The SMILES string of the molecule is COC(=O)C1(C(=O)OC)C(C)C(=O)C(C)CN1Cc1ccccc1. The molecule has 1 aromatic rings. The third-order valence-corrected chi connectivity index (χ3v) is 4.74. The lowest BCUT2D eigenvalue weighted by atomic mass is 9.73. The third-order valence-electron chi connectivity index (χ3n) is 4.74. The van der Waals surface area contributed by atoms with E-state index >= 15 is 0 Å². The minimum absolute atomic E-state index is 0.143. The third kappa shape index (κ3) is 2.82. The first kappa shape index (κ1) is 18.1. The number of esters is 2. The van der Waals surface area contributed by atoms with Crippen molar-refractivity contribution in [2.75, 3.05) is 20.8 Å². The molecule has 1 aliphatic rings. The van der Waals surface area contributed by atoms with Gasteiger partial charge in [-0.2, -0.15) is 0 Å². The van der Waals surface area contributed by atoms with Gasteiger partial charge in [-0.3, -0.25) is 9.69 Å². The van der Waals surface area contributed by atoms with Gasteiger partial charge in [0, 0.05) is 19.0 Å². The zero-order valence-corrected chi connectivity index (χ0v) is 14.4. The quantitative estimate of drug-likeness (QED) is 0.613. The van der Waals surface area contributed by atoms with Crippen LogP contribution >= 0.6 is 0 Å². The molecule has 1 aliphatic heterocycles. The maximum atomic E-state index is 12.6. The molecule has 0 radical (unpaired) electrons. The first-order valence-electron chi connectivity index (χ1n) is 7.89. The smallest absolute Gasteiger partial charge is 0.338 e. The molecular weight excluding hydrogens is 310 g/mol. The van der Waals surface area contributed by atoms with Crippen LogP contribution in [0.5, 0.6) is 0 Å². The maximum Gasteiger partial charge on any atom is 0.338 e.